The smallest absolute Gasteiger partial charge is 0.244 e. The maximum absolute atomic E-state index is 12.6. The van der Waals surface area contributed by atoms with Gasteiger partial charge in [-0.25, -0.2) is 17.7 Å². The van der Waals surface area contributed by atoms with Crippen LogP contribution in [0.5, 0.6) is 0 Å². The molecule has 2 aromatic rings. The van der Waals surface area contributed by atoms with E-state index in [9.17, 15) is 13.2 Å². The van der Waals surface area contributed by atoms with Crippen molar-refractivity contribution in [3.8, 4) is 0 Å². The van der Waals surface area contributed by atoms with Crippen molar-refractivity contribution in [3.05, 3.63) is 39.3 Å². The number of carbonyl (C=O) groups is 1. The number of sulfonamides is 1. The van der Waals surface area contributed by atoms with Gasteiger partial charge in [0.05, 0.1) is 21.8 Å². The summed E-state index contributed by atoms with van der Waals surface area (Å²) in [4.78, 5) is 19.0. The van der Waals surface area contributed by atoms with Crippen LogP contribution in [0, 0.1) is 0 Å². The van der Waals surface area contributed by atoms with Gasteiger partial charge in [-0.3, -0.25) is 9.69 Å². The molecule has 1 unspecified atom stereocenters. The van der Waals surface area contributed by atoms with Gasteiger partial charge in [0.2, 0.25) is 15.9 Å². The Hall–Kier alpha value is -1.52. The van der Waals surface area contributed by atoms with Crippen molar-refractivity contribution in [2.45, 2.75) is 37.8 Å². The van der Waals surface area contributed by atoms with Crippen LogP contribution in [0.1, 0.15) is 24.5 Å². The molecule has 0 fully saturated rings. The molecule has 1 N–H and O–H groups in total. The van der Waals surface area contributed by atoms with E-state index in [4.69, 9.17) is 11.6 Å². The van der Waals surface area contributed by atoms with Crippen LogP contribution in [0.25, 0.3) is 0 Å². The Balaban J connectivity index is 2.11. The highest BCUT2D eigenvalue weighted by atomic mass is 35.5. The third-order valence-electron chi connectivity index (χ3n) is 4.31. The maximum atomic E-state index is 12.6. The molecule has 0 aliphatic rings. The summed E-state index contributed by atoms with van der Waals surface area (Å²) in [5, 5.41) is 5.93. The first-order chi connectivity index (χ1) is 13.1. The number of nitrogens with one attached hydrogen (secondary N) is 1. The number of halogens is 1. The minimum absolute atomic E-state index is 0.0486. The Morgan fingerprint density at radius 1 is 1.32 bits per heavy atom. The van der Waals surface area contributed by atoms with Crippen molar-refractivity contribution in [2.75, 3.05) is 26.5 Å². The number of amides is 1. The van der Waals surface area contributed by atoms with Crippen molar-refractivity contribution in [1.82, 2.24) is 14.2 Å². The number of thiazole rings is 1. The van der Waals surface area contributed by atoms with Gasteiger partial charge in [0.1, 0.15) is 4.90 Å². The summed E-state index contributed by atoms with van der Waals surface area (Å²) in [5.74, 6) is -0.246. The second-order valence-corrected chi connectivity index (χ2v) is 10.1. The maximum Gasteiger partial charge on any atom is 0.244 e. The van der Waals surface area contributed by atoms with E-state index in [-0.39, 0.29) is 15.8 Å². The predicted octanol–water partition coefficient (Wildman–Crippen LogP) is 3.07. The Kier molecular flexibility index (Phi) is 7.58. The monoisotopic (exact) mass is 444 g/mol. The van der Waals surface area contributed by atoms with E-state index in [1.807, 2.05) is 17.3 Å². The van der Waals surface area contributed by atoms with Crippen LogP contribution in [0.4, 0.5) is 5.69 Å². The number of aromatic nitrogens is 1. The largest absolute Gasteiger partial charge is 0.325 e. The molecule has 1 aromatic carbocycles. The second-order valence-electron chi connectivity index (χ2n) is 6.60. The fourth-order valence-electron chi connectivity index (χ4n) is 2.40. The molecule has 0 spiro atoms. The van der Waals surface area contributed by atoms with Crippen molar-refractivity contribution < 1.29 is 13.2 Å². The van der Waals surface area contributed by atoms with Crippen molar-refractivity contribution >= 4 is 44.6 Å². The van der Waals surface area contributed by atoms with E-state index in [2.05, 4.69) is 17.2 Å². The highest BCUT2D eigenvalue weighted by Gasteiger charge is 2.23. The first-order valence-electron chi connectivity index (χ1n) is 8.72. The number of aryl methyl sites for hydroxylation is 1. The van der Waals surface area contributed by atoms with Gasteiger partial charge in [-0.15, -0.1) is 11.3 Å². The van der Waals surface area contributed by atoms with Crippen LogP contribution < -0.4 is 5.32 Å². The number of rotatable bonds is 8. The van der Waals surface area contributed by atoms with Crippen LogP contribution in [0.15, 0.2) is 28.5 Å². The highest BCUT2D eigenvalue weighted by Crippen LogP contribution is 2.27. The molecular formula is C18H25ClN4O3S2. The van der Waals surface area contributed by atoms with Crippen LogP contribution in [-0.4, -0.2) is 55.7 Å². The minimum atomic E-state index is -3.71. The molecule has 0 saturated heterocycles. The summed E-state index contributed by atoms with van der Waals surface area (Å²) < 4.78 is 25.8. The average molecular weight is 445 g/mol. The Labute approximate surface area is 175 Å². The molecule has 0 radical (unpaired) electrons. The van der Waals surface area contributed by atoms with Crippen molar-refractivity contribution in [3.63, 3.8) is 0 Å². The van der Waals surface area contributed by atoms with Gasteiger partial charge >= 0.3 is 0 Å². The van der Waals surface area contributed by atoms with E-state index in [0.717, 1.165) is 21.4 Å². The number of hydrogen-bond donors (Lipinski definition) is 1. The summed E-state index contributed by atoms with van der Waals surface area (Å²) in [6, 6.07) is 3.98. The molecule has 1 aromatic heterocycles. The molecule has 1 heterocycles. The topological polar surface area (TPSA) is 82.6 Å². The molecule has 2 rings (SSSR count). The summed E-state index contributed by atoms with van der Waals surface area (Å²) in [7, 11) is 0.989. The summed E-state index contributed by atoms with van der Waals surface area (Å²) in [6.07, 6.45) is 0.888. The Morgan fingerprint density at radius 3 is 2.57 bits per heavy atom. The number of carbonyl (C=O) groups excluding carboxylic acids is 1. The molecule has 1 atom stereocenters. The zero-order valence-corrected chi connectivity index (χ0v) is 19.0. The van der Waals surface area contributed by atoms with E-state index < -0.39 is 16.1 Å². The number of hydrogen-bond acceptors (Lipinski definition) is 6. The number of anilines is 1. The number of nitrogens with zero attached hydrogens (tertiary/aromatic N) is 3. The van der Waals surface area contributed by atoms with Crippen LogP contribution >= 0.6 is 22.9 Å². The summed E-state index contributed by atoms with van der Waals surface area (Å²) in [6.45, 7) is 4.39. The summed E-state index contributed by atoms with van der Waals surface area (Å²) >= 11 is 7.66. The molecule has 7 nitrogen and oxygen atoms in total. The second kappa shape index (κ2) is 9.32. The standard InChI is InChI=1S/C18H25ClN4O3S2/c1-6-17-20-14(11-27-17)10-23(5)12(2)18(24)21-13-7-8-15(19)16(9-13)28(25,26)22(3)4/h7-9,11-12H,6,10H2,1-5H3,(H,21,24). The lowest BCUT2D eigenvalue weighted by molar-refractivity contribution is -0.120. The van der Waals surface area contributed by atoms with E-state index in [1.165, 1.54) is 26.2 Å². The average Bonchev–Trinajstić information content (AvgIpc) is 3.09. The van der Waals surface area contributed by atoms with Crippen LogP contribution in [0.2, 0.25) is 5.02 Å². The molecular weight excluding hydrogens is 420 g/mol. The molecule has 1 amide bonds. The zero-order chi connectivity index (χ0) is 21.1. The highest BCUT2D eigenvalue weighted by molar-refractivity contribution is 7.89. The van der Waals surface area contributed by atoms with Gasteiger partial charge in [0, 0.05) is 31.7 Å². The third-order valence-corrected chi connectivity index (χ3v) is 7.65. The number of benzene rings is 1. The number of likely N-dealkylation sites (N-methyl/N-ethyl adjacent to an activating group) is 1. The van der Waals surface area contributed by atoms with Gasteiger partial charge in [0.15, 0.2) is 0 Å². The minimum Gasteiger partial charge on any atom is -0.325 e. The van der Waals surface area contributed by atoms with Crippen molar-refractivity contribution in [1.29, 1.82) is 0 Å². The van der Waals surface area contributed by atoms with Crippen molar-refractivity contribution in [2.24, 2.45) is 0 Å². The van der Waals surface area contributed by atoms with Gasteiger partial charge in [-0.1, -0.05) is 18.5 Å². The first-order valence-corrected chi connectivity index (χ1v) is 11.4. The first kappa shape index (κ1) is 22.8. The van der Waals surface area contributed by atoms with Gasteiger partial charge < -0.3 is 5.32 Å². The molecule has 0 bridgehead atoms. The molecule has 28 heavy (non-hydrogen) atoms. The Bertz CT molecular complexity index is 944. The lowest BCUT2D eigenvalue weighted by atomic mass is 10.2. The lowest BCUT2D eigenvalue weighted by Gasteiger charge is -2.23. The zero-order valence-electron chi connectivity index (χ0n) is 16.6. The normalized spacial score (nSPS) is 13.1. The quantitative estimate of drug-likeness (QED) is 0.676. The fraction of sp³-hybridized carbons (Fsp3) is 0.444. The predicted molar refractivity (Wildman–Crippen MR) is 113 cm³/mol. The molecule has 0 saturated carbocycles. The SMILES string of the molecule is CCc1nc(CN(C)C(C)C(=O)Nc2ccc(Cl)c(S(=O)(=O)N(C)C)c2)cs1. The fourth-order valence-corrected chi connectivity index (χ4v) is 4.53. The third kappa shape index (κ3) is 5.30. The lowest BCUT2D eigenvalue weighted by Crippen LogP contribution is -2.39. The molecule has 154 valence electrons. The van der Waals surface area contributed by atoms with E-state index in [1.54, 1.807) is 24.3 Å². The van der Waals surface area contributed by atoms with E-state index >= 15 is 0 Å². The molecule has 0 aliphatic carbocycles. The summed E-state index contributed by atoms with van der Waals surface area (Å²) in [5.41, 5.74) is 1.30. The van der Waals surface area contributed by atoms with Gasteiger partial charge in [-0.05, 0) is 38.6 Å². The van der Waals surface area contributed by atoms with Crippen LogP contribution in [0.3, 0.4) is 0 Å². The van der Waals surface area contributed by atoms with Crippen LogP contribution in [-0.2, 0) is 27.8 Å². The van der Waals surface area contributed by atoms with Gasteiger partial charge in [-0.2, -0.15) is 0 Å². The molecule has 10 heteroatoms. The Morgan fingerprint density at radius 2 is 2.00 bits per heavy atom. The molecule has 0 aliphatic heterocycles. The van der Waals surface area contributed by atoms with E-state index in [0.29, 0.717) is 12.2 Å². The van der Waals surface area contributed by atoms with Gasteiger partial charge in [0.25, 0.3) is 0 Å².